The Morgan fingerprint density at radius 1 is 1.18 bits per heavy atom. The molecule has 0 saturated carbocycles. The first kappa shape index (κ1) is 11.6. The highest BCUT2D eigenvalue weighted by atomic mass is 16.5. The minimum atomic E-state index is 0.257. The summed E-state index contributed by atoms with van der Waals surface area (Å²) < 4.78 is 10.5. The van der Waals surface area contributed by atoms with E-state index in [2.05, 4.69) is 24.0 Å². The third kappa shape index (κ3) is 2.44. The highest BCUT2D eigenvalue weighted by Crippen LogP contribution is 2.26. The van der Waals surface area contributed by atoms with Crippen LogP contribution in [-0.2, 0) is 0 Å². The maximum absolute atomic E-state index is 5.38. The van der Waals surface area contributed by atoms with Gasteiger partial charge < -0.3 is 14.1 Å². The molecule has 1 aromatic carbocycles. The molecule has 0 amide bonds. The molecule has 0 radical (unpaired) electrons. The van der Waals surface area contributed by atoms with Crippen molar-refractivity contribution in [3.63, 3.8) is 0 Å². The van der Waals surface area contributed by atoms with Gasteiger partial charge in [0.05, 0.1) is 19.4 Å². The average molecular weight is 231 g/mol. The van der Waals surface area contributed by atoms with E-state index in [1.54, 1.807) is 13.4 Å². The first-order chi connectivity index (χ1) is 8.22. The molecule has 17 heavy (non-hydrogen) atoms. The molecule has 2 aromatic rings. The fraction of sp³-hybridized carbons (Fsp3) is 0.286. The molecule has 3 nitrogen and oxygen atoms in total. The molecule has 0 aliphatic rings. The molecule has 3 heteroatoms. The Balaban J connectivity index is 2.16. The standard InChI is InChI=1S/C14H17NO2/c1-11(15(2)14-5-4-10-17-14)12-6-8-13(16-3)9-7-12/h4-11H,1-3H3. The van der Waals surface area contributed by atoms with Gasteiger partial charge in [0.25, 0.3) is 0 Å². The number of ether oxygens (including phenoxy) is 1. The molecule has 0 aliphatic heterocycles. The van der Waals surface area contributed by atoms with E-state index in [9.17, 15) is 0 Å². The molecule has 1 unspecified atom stereocenters. The summed E-state index contributed by atoms with van der Waals surface area (Å²) >= 11 is 0. The lowest BCUT2D eigenvalue weighted by Gasteiger charge is -2.24. The van der Waals surface area contributed by atoms with Gasteiger partial charge in [0, 0.05) is 13.1 Å². The minimum absolute atomic E-state index is 0.257. The fourth-order valence-corrected chi connectivity index (χ4v) is 1.77. The zero-order valence-electron chi connectivity index (χ0n) is 10.4. The minimum Gasteiger partial charge on any atom is -0.497 e. The molecule has 1 aromatic heterocycles. The molecular weight excluding hydrogens is 214 g/mol. The molecule has 1 heterocycles. The lowest BCUT2D eigenvalue weighted by Crippen LogP contribution is -2.20. The molecular formula is C14H17NO2. The second-order valence-electron chi connectivity index (χ2n) is 4.01. The van der Waals surface area contributed by atoms with E-state index in [1.807, 2.05) is 31.3 Å². The van der Waals surface area contributed by atoms with E-state index in [1.165, 1.54) is 5.56 Å². The van der Waals surface area contributed by atoms with Gasteiger partial charge in [-0.25, -0.2) is 0 Å². The molecule has 1 atom stereocenters. The quantitative estimate of drug-likeness (QED) is 0.805. The molecule has 0 saturated heterocycles. The van der Waals surface area contributed by atoms with Crippen molar-refractivity contribution in [3.05, 3.63) is 48.2 Å². The van der Waals surface area contributed by atoms with Crippen molar-refractivity contribution in [2.24, 2.45) is 0 Å². The molecule has 0 fully saturated rings. The van der Waals surface area contributed by atoms with Crippen LogP contribution in [0.1, 0.15) is 18.5 Å². The zero-order chi connectivity index (χ0) is 12.3. The van der Waals surface area contributed by atoms with Gasteiger partial charge in [-0.2, -0.15) is 0 Å². The molecule has 0 N–H and O–H groups in total. The van der Waals surface area contributed by atoms with Gasteiger partial charge in [0.1, 0.15) is 5.75 Å². The smallest absolute Gasteiger partial charge is 0.195 e. The van der Waals surface area contributed by atoms with Crippen LogP contribution in [0.5, 0.6) is 5.75 Å². The number of anilines is 1. The molecule has 0 aliphatic carbocycles. The normalized spacial score (nSPS) is 12.2. The lowest BCUT2D eigenvalue weighted by atomic mass is 10.1. The van der Waals surface area contributed by atoms with Gasteiger partial charge >= 0.3 is 0 Å². The van der Waals surface area contributed by atoms with Crippen LogP contribution in [0, 0.1) is 0 Å². The van der Waals surface area contributed by atoms with Crippen LogP contribution in [0.2, 0.25) is 0 Å². The van der Waals surface area contributed by atoms with Gasteiger partial charge in [-0.3, -0.25) is 0 Å². The van der Waals surface area contributed by atoms with Crippen LogP contribution in [0.4, 0.5) is 5.88 Å². The molecule has 0 bridgehead atoms. The first-order valence-corrected chi connectivity index (χ1v) is 5.62. The lowest BCUT2D eigenvalue weighted by molar-refractivity contribution is 0.414. The van der Waals surface area contributed by atoms with Gasteiger partial charge in [-0.05, 0) is 30.7 Å². The summed E-state index contributed by atoms with van der Waals surface area (Å²) in [7, 11) is 3.70. The Morgan fingerprint density at radius 2 is 1.88 bits per heavy atom. The molecule has 2 rings (SSSR count). The molecule has 90 valence electrons. The van der Waals surface area contributed by atoms with Gasteiger partial charge in [0.2, 0.25) is 0 Å². The van der Waals surface area contributed by atoms with Crippen molar-refractivity contribution in [1.82, 2.24) is 0 Å². The number of benzene rings is 1. The van der Waals surface area contributed by atoms with Crippen molar-refractivity contribution in [1.29, 1.82) is 0 Å². The summed E-state index contributed by atoms with van der Waals surface area (Å²) in [6.07, 6.45) is 1.69. The number of rotatable bonds is 4. The zero-order valence-corrected chi connectivity index (χ0v) is 10.4. The number of hydrogen-bond donors (Lipinski definition) is 0. The number of hydrogen-bond acceptors (Lipinski definition) is 3. The van der Waals surface area contributed by atoms with Crippen LogP contribution in [0.3, 0.4) is 0 Å². The fourth-order valence-electron chi connectivity index (χ4n) is 1.77. The van der Waals surface area contributed by atoms with E-state index >= 15 is 0 Å². The van der Waals surface area contributed by atoms with Gasteiger partial charge in [-0.15, -0.1) is 0 Å². The Morgan fingerprint density at radius 3 is 2.41 bits per heavy atom. The highest BCUT2D eigenvalue weighted by molar-refractivity contribution is 5.39. The predicted octanol–water partition coefficient (Wildman–Crippen LogP) is 3.49. The van der Waals surface area contributed by atoms with Crippen molar-refractivity contribution in [2.75, 3.05) is 19.1 Å². The van der Waals surface area contributed by atoms with Crippen molar-refractivity contribution < 1.29 is 9.15 Å². The number of nitrogens with zero attached hydrogens (tertiary/aromatic N) is 1. The third-order valence-corrected chi connectivity index (χ3v) is 3.03. The van der Waals surface area contributed by atoms with Crippen molar-refractivity contribution >= 4 is 5.88 Å². The summed E-state index contributed by atoms with van der Waals surface area (Å²) in [6.45, 7) is 2.14. The predicted molar refractivity (Wildman–Crippen MR) is 68.5 cm³/mol. The van der Waals surface area contributed by atoms with Crippen LogP contribution in [-0.4, -0.2) is 14.2 Å². The van der Waals surface area contributed by atoms with E-state index in [-0.39, 0.29) is 6.04 Å². The van der Waals surface area contributed by atoms with Gasteiger partial charge in [0.15, 0.2) is 5.88 Å². The second kappa shape index (κ2) is 4.95. The van der Waals surface area contributed by atoms with Gasteiger partial charge in [-0.1, -0.05) is 12.1 Å². The molecule has 0 spiro atoms. The largest absolute Gasteiger partial charge is 0.497 e. The Kier molecular flexibility index (Phi) is 3.38. The number of furan rings is 1. The third-order valence-electron chi connectivity index (χ3n) is 3.03. The monoisotopic (exact) mass is 231 g/mol. The van der Waals surface area contributed by atoms with Crippen LogP contribution in [0.15, 0.2) is 47.1 Å². The van der Waals surface area contributed by atoms with Crippen molar-refractivity contribution in [3.8, 4) is 5.75 Å². The van der Waals surface area contributed by atoms with E-state index < -0.39 is 0 Å². The first-order valence-electron chi connectivity index (χ1n) is 5.62. The van der Waals surface area contributed by atoms with E-state index in [4.69, 9.17) is 9.15 Å². The summed E-state index contributed by atoms with van der Waals surface area (Å²) in [5, 5.41) is 0. The topological polar surface area (TPSA) is 25.6 Å². The summed E-state index contributed by atoms with van der Waals surface area (Å²) in [6, 6.07) is 12.2. The average Bonchev–Trinajstić information content (AvgIpc) is 2.91. The van der Waals surface area contributed by atoms with Crippen molar-refractivity contribution in [2.45, 2.75) is 13.0 Å². The highest BCUT2D eigenvalue weighted by Gasteiger charge is 2.13. The maximum Gasteiger partial charge on any atom is 0.195 e. The maximum atomic E-state index is 5.38. The summed E-state index contributed by atoms with van der Waals surface area (Å²) in [5.74, 6) is 1.75. The van der Waals surface area contributed by atoms with Crippen LogP contribution in [0.25, 0.3) is 0 Å². The van der Waals surface area contributed by atoms with E-state index in [0.29, 0.717) is 0 Å². The van der Waals surface area contributed by atoms with Crippen LogP contribution >= 0.6 is 0 Å². The van der Waals surface area contributed by atoms with Crippen LogP contribution < -0.4 is 9.64 Å². The Bertz CT molecular complexity index is 448. The Labute approximate surface area is 102 Å². The second-order valence-corrected chi connectivity index (χ2v) is 4.01. The summed E-state index contributed by atoms with van der Waals surface area (Å²) in [4.78, 5) is 2.10. The summed E-state index contributed by atoms with van der Waals surface area (Å²) in [5.41, 5.74) is 1.23. The van der Waals surface area contributed by atoms with E-state index in [0.717, 1.165) is 11.6 Å². The Hall–Kier alpha value is -1.90. The number of methoxy groups -OCH3 is 1. The SMILES string of the molecule is COc1ccc(C(C)N(C)c2ccco2)cc1.